The number of amides is 1. The van der Waals surface area contributed by atoms with Gasteiger partial charge in [0.25, 0.3) is 5.91 Å². The van der Waals surface area contributed by atoms with E-state index in [1.807, 2.05) is 11.0 Å². The maximum absolute atomic E-state index is 13.0. The average molecular weight is 365 g/mol. The Hall–Kier alpha value is -3.53. The highest BCUT2D eigenvalue weighted by atomic mass is 19.1. The van der Waals surface area contributed by atoms with Crippen molar-refractivity contribution >= 4 is 23.0 Å². The molecule has 138 valence electrons. The van der Waals surface area contributed by atoms with Gasteiger partial charge in [0.15, 0.2) is 0 Å². The minimum atomic E-state index is -0.455. The Labute approximate surface area is 157 Å². The van der Waals surface area contributed by atoms with Crippen molar-refractivity contribution in [3.05, 3.63) is 66.1 Å². The van der Waals surface area contributed by atoms with Gasteiger partial charge in [-0.3, -0.25) is 4.79 Å². The quantitative estimate of drug-likeness (QED) is 0.494. The van der Waals surface area contributed by atoms with Crippen LogP contribution in [-0.4, -0.2) is 37.0 Å². The second kappa shape index (κ2) is 8.23. The van der Waals surface area contributed by atoms with Gasteiger partial charge in [-0.15, -0.1) is 0 Å². The summed E-state index contributed by atoms with van der Waals surface area (Å²) in [6, 6.07) is 15.1. The van der Waals surface area contributed by atoms with Crippen molar-refractivity contribution in [2.45, 2.75) is 0 Å². The molecule has 1 aliphatic rings. The molecular weight excluding hydrogens is 345 g/mol. The molecule has 0 saturated carbocycles. The predicted molar refractivity (Wildman–Crippen MR) is 103 cm³/mol. The first-order chi connectivity index (χ1) is 13.0. The van der Waals surface area contributed by atoms with Crippen LogP contribution in [0.1, 0.15) is 0 Å². The monoisotopic (exact) mass is 365 g/mol. The van der Waals surface area contributed by atoms with E-state index < -0.39 is 5.91 Å². The number of benzene rings is 2. The van der Waals surface area contributed by atoms with Gasteiger partial charge in [-0.2, -0.15) is 5.26 Å². The summed E-state index contributed by atoms with van der Waals surface area (Å²) in [6.45, 7) is 2.77. The number of carbonyl (C=O) groups is 1. The van der Waals surface area contributed by atoms with Gasteiger partial charge in [0.2, 0.25) is 0 Å². The molecule has 1 fully saturated rings. The van der Waals surface area contributed by atoms with Crippen molar-refractivity contribution < 1.29 is 9.18 Å². The van der Waals surface area contributed by atoms with E-state index in [0.29, 0.717) is 24.5 Å². The fraction of sp³-hybridized carbons (Fsp3) is 0.200. The molecule has 0 radical (unpaired) electrons. The Bertz CT molecular complexity index is 863. The number of hydrogen-bond acceptors (Lipinski definition) is 5. The number of nitriles is 1. The Morgan fingerprint density at radius 3 is 2.30 bits per heavy atom. The lowest BCUT2D eigenvalue weighted by atomic mass is 10.2. The van der Waals surface area contributed by atoms with Gasteiger partial charge in [0, 0.05) is 49.4 Å². The molecule has 3 rings (SSSR count). The summed E-state index contributed by atoms with van der Waals surface area (Å²) in [4.78, 5) is 16.4. The van der Waals surface area contributed by atoms with Gasteiger partial charge in [0.1, 0.15) is 17.5 Å². The summed E-state index contributed by atoms with van der Waals surface area (Å²) in [6.07, 6.45) is 1.59. The van der Waals surface area contributed by atoms with Crippen molar-refractivity contribution in [3.63, 3.8) is 0 Å². The number of anilines is 3. The van der Waals surface area contributed by atoms with Gasteiger partial charge in [-0.25, -0.2) is 4.39 Å². The van der Waals surface area contributed by atoms with Crippen LogP contribution < -0.4 is 16.0 Å². The third-order valence-electron chi connectivity index (χ3n) is 4.35. The molecule has 0 unspecified atom stereocenters. The molecule has 27 heavy (non-hydrogen) atoms. The SMILES string of the molecule is N#C/C(=C/N1CCN(c2ccc(F)cc2)CC1)C(=O)Nc1ccc(N)cc1. The zero-order chi connectivity index (χ0) is 19.2. The maximum atomic E-state index is 13.0. The largest absolute Gasteiger partial charge is 0.399 e. The summed E-state index contributed by atoms with van der Waals surface area (Å²) >= 11 is 0. The van der Waals surface area contributed by atoms with Crippen LogP contribution in [0.4, 0.5) is 21.5 Å². The number of nitrogen functional groups attached to an aromatic ring is 1. The van der Waals surface area contributed by atoms with Gasteiger partial charge in [-0.1, -0.05) is 0 Å². The summed E-state index contributed by atoms with van der Waals surface area (Å²) in [5, 5.41) is 12.0. The van der Waals surface area contributed by atoms with Crippen LogP contribution >= 0.6 is 0 Å². The molecule has 1 heterocycles. The zero-order valence-corrected chi connectivity index (χ0v) is 14.7. The van der Waals surface area contributed by atoms with E-state index in [1.165, 1.54) is 12.1 Å². The minimum absolute atomic E-state index is 0.0436. The molecule has 2 aromatic carbocycles. The Morgan fingerprint density at radius 2 is 1.70 bits per heavy atom. The topological polar surface area (TPSA) is 85.4 Å². The average Bonchev–Trinajstić information content (AvgIpc) is 2.69. The first kappa shape index (κ1) is 18.3. The molecule has 0 bridgehead atoms. The van der Waals surface area contributed by atoms with Crippen LogP contribution in [0.25, 0.3) is 0 Å². The van der Waals surface area contributed by atoms with Crippen molar-refractivity contribution in [1.82, 2.24) is 4.90 Å². The highest BCUT2D eigenvalue weighted by Gasteiger charge is 2.18. The third-order valence-corrected chi connectivity index (χ3v) is 4.35. The number of piperazine rings is 1. The van der Waals surface area contributed by atoms with Crippen LogP contribution in [0, 0.1) is 17.1 Å². The Morgan fingerprint density at radius 1 is 1.07 bits per heavy atom. The fourth-order valence-electron chi connectivity index (χ4n) is 2.85. The highest BCUT2D eigenvalue weighted by molar-refractivity contribution is 6.06. The van der Waals surface area contributed by atoms with Crippen LogP contribution in [0.3, 0.4) is 0 Å². The number of nitrogens with one attached hydrogen (secondary N) is 1. The summed E-state index contributed by atoms with van der Waals surface area (Å²) in [5.74, 6) is -0.714. The molecule has 1 aliphatic heterocycles. The molecule has 0 aromatic heterocycles. The molecule has 2 aromatic rings. The molecular formula is C20H20FN5O. The lowest BCUT2D eigenvalue weighted by molar-refractivity contribution is -0.112. The van der Waals surface area contributed by atoms with Crippen molar-refractivity contribution in [2.24, 2.45) is 0 Å². The van der Waals surface area contributed by atoms with E-state index in [-0.39, 0.29) is 11.4 Å². The summed E-state index contributed by atoms with van der Waals surface area (Å²) in [5.41, 5.74) is 7.81. The normalized spacial score (nSPS) is 14.6. The standard InChI is InChI=1S/C20H20FN5O/c21-16-1-7-19(8-2-16)26-11-9-25(10-12-26)14-15(13-22)20(27)24-18-5-3-17(23)4-6-18/h1-8,14H,9-12,23H2,(H,24,27)/b15-14-. The summed E-state index contributed by atoms with van der Waals surface area (Å²) < 4.78 is 13.0. The molecule has 1 amide bonds. The van der Waals surface area contributed by atoms with Crippen molar-refractivity contribution in [3.8, 4) is 6.07 Å². The van der Waals surface area contributed by atoms with Crippen molar-refractivity contribution in [1.29, 1.82) is 5.26 Å². The molecule has 0 atom stereocenters. The van der Waals surface area contributed by atoms with Gasteiger partial charge in [0.05, 0.1) is 0 Å². The first-order valence-corrected chi connectivity index (χ1v) is 8.58. The summed E-state index contributed by atoms with van der Waals surface area (Å²) in [7, 11) is 0. The van der Waals surface area contributed by atoms with E-state index in [0.717, 1.165) is 18.8 Å². The van der Waals surface area contributed by atoms with Gasteiger partial charge < -0.3 is 20.9 Å². The van der Waals surface area contributed by atoms with Crippen LogP contribution in [-0.2, 0) is 4.79 Å². The molecule has 3 N–H and O–H groups in total. The smallest absolute Gasteiger partial charge is 0.267 e. The van der Waals surface area contributed by atoms with E-state index >= 15 is 0 Å². The van der Waals surface area contributed by atoms with E-state index in [9.17, 15) is 14.4 Å². The van der Waals surface area contributed by atoms with Crippen LogP contribution in [0.15, 0.2) is 60.3 Å². The van der Waals surface area contributed by atoms with Gasteiger partial charge >= 0.3 is 0 Å². The number of carbonyl (C=O) groups excluding carboxylic acids is 1. The second-order valence-corrected chi connectivity index (χ2v) is 6.23. The van der Waals surface area contributed by atoms with E-state index in [4.69, 9.17) is 5.73 Å². The number of nitrogens with two attached hydrogens (primary N) is 1. The third kappa shape index (κ3) is 4.76. The number of nitrogens with zero attached hydrogens (tertiary/aromatic N) is 3. The second-order valence-electron chi connectivity index (χ2n) is 6.23. The molecule has 0 spiro atoms. The highest BCUT2D eigenvalue weighted by Crippen LogP contribution is 2.18. The number of hydrogen-bond donors (Lipinski definition) is 2. The lowest BCUT2D eigenvalue weighted by Crippen LogP contribution is -2.44. The number of halogens is 1. The maximum Gasteiger partial charge on any atom is 0.267 e. The molecule has 7 heteroatoms. The van der Waals surface area contributed by atoms with Crippen molar-refractivity contribution in [2.75, 3.05) is 42.1 Å². The minimum Gasteiger partial charge on any atom is -0.399 e. The van der Waals surface area contributed by atoms with Gasteiger partial charge in [-0.05, 0) is 48.5 Å². The molecule has 6 nitrogen and oxygen atoms in total. The van der Waals surface area contributed by atoms with E-state index in [1.54, 1.807) is 42.6 Å². The van der Waals surface area contributed by atoms with E-state index in [2.05, 4.69) is 10.2 Å². The lowest BCUT2D eigenvalue weighted by Gasteiger charge is -2.35. The van der Waals surface area contributed by atoms with Crippen LogP contribution in [0.2, 0.25) is 0 Å². The fourth-order valence-corrected chi connectivity index (χ4v) is 2.85. The predicted octanol–water partition coefficient (Wildman–Crippen LogP) is 2.58. The molecule has 1 saturated heterocycles. The number of rotatable bonds is 4. The molecule has 0 aliphatic carbocycles. The first-order valence-electron chi connectivity index (χ1n) is 8.58. The Kier molecular flexibility index (Phi) is 5.57. The van der Waals surface area contributed by atoms with Crippen LogP contribution in [0.5, 0.6) is 0 Å². The zero-order valence-electron chi connectivity index (χ0n) is 14.7. The Balaban J connectivity index is 1.59.